The third-order valence-electron chi connectivity index (χ3n) is 2.79. The van der Waals surface area contributed by atoms with E-state index < -0.39 is 21.6 Å². The minimum absolute atomic E-state index is 0. The van der Waals surface area contributed by atoms with Gasteiger partial charge in [-0.05, 0) is 45.4 Å². The highest BCUT2D eigenvalue weighted by molar-refractivity contribution is 7.89. The van der Waals surface area contributed by atoms with E-state index in [-0.39, 0.29) is 23.2 Å². The van der Waals surface area contributed by atoms with Crippen molar-refractivity contribution < 1.29 is 13.2 Å². The second-order valence-electron chi connectivity index (χ2n) is 6.27. The number of nitrogens with one attached hydrogen (secondary N) is 2. The van der Waals surface area contributed by atoms with Gasteiger partial charge in [-0.1, -0.05) is 19.4 Å². The Hall–Kier alpha value is -1.15. The number of hydrogen-bond donors (Lipinski definition) is 3. The second kappa shape index (κ2) is 8.63. The Balaban J connectivity index is 0.00000484. The summed E-state index contributed by atoms with van der Waals surface area (Å²) in [5.74, 6) is -0.319. The molecular formula is C15H26ClN3O3S. The van der Waals surface area contributed by atoms with Gasteiger partial charge >= 0.3 is 0 Å². The van der Waals surface area contributed by atoms with Crippen molar-refractivity contribution in [1.29, 1.82) is 0 Å². The molecule has 0 fully saturated rings. The first-order valence-corrected chi connectivity index (χ1v) is 8.74. The SMILES string of the molecule is CCCC(N)C(=O)Nc1cccc(S(=O)(=O)NC(C)(C)C)c1.Cl. The van der Waals surface area contributed by atoms with Crippen molar-refractivity contribution in [2.45, 2.75) is 57.0 Å². The van der Waals surface area contributed by atoms with E-state index in [9.17, 15) is 13.2 Å². The van der Waals surface area contributed by atoms with Gasteiger partial charge in [-0.2, -0.15) is 0 Å². The highest BCUT2D eigenvalue weighted by Crippen LogP contribution is 2.17. The maximum atomic E-state index is 12.3. The van der Waals surface area contributed by atoms with Crippen LogP contribution in [0.3, 0.4) is 0 Å². The van der Waals surface area contributed by atoms with Crippen molar-refractivity contribution in [3.63, 3.8) is 0 Å². The molecule has 0 saturated carbocycles. The van der Waals surface area contributed by atoms with Crippen molar-refractivity contribution in [2.24, 2.45) is 5.73 Å². The van der Waals surface area contributed by atoms with E-state index in [2.05, 4.69) is 10.0 Å². The average molecular weight is 364 g/mol. The lowest BCUT2D eigenvalue weighted by Crippen LogP contribution is -2.40. The molecule has 0 bridgehead atoms. The first kappa shape index (κ1) is 21.9. The van der Waals surface area contributed by atoms with Gasteiger partial charge in [0.15, 0.2) is 0 Å². The Labute approximate surface area is 144 Å². The minimum atomic E-state index is -3.64. The van der Waals surface area contributed by atoms with E-state index in [4.69, 9.17) is 5.73 Å². The van der Waals surface area contributed by atoms with Crippen molar-refractivity contribution >= 4 is 34.0 Å². The Morgan fingerprint density at radius 2 is 1.91 bits per heavy atom. The minimum Gasteiger partial charge on any atom is -0.325 e. The molecular weight excluding hydrogens is 338 g/mol. The third kappa shape index (κ3) is 7.30. The summed E-state index contributed by atoms with van der Waals surface area (Å²) in [6, 6.07) is 5.52. The maximum Gasteiger partial charge on any atom is 0.241 e. The lowest BCUT2D eigenvalue weighted by Gasteiger charge is -2.20. The molecule has 0 aliphatic rings. The fraction of sp³-hybridized carbons (Fsp3) is 0.533. The molecule has 0 aliphatic carbocycles. The number of anilines is 1. The monoisotopic (exact) mass is 363 g/mol. The third-order valence-corrected chi connectivity index (χ3v) is 4.54. The highest BCUT2D eigenvalue weighted by atomic mass is 35.5. The molecule has 0 saturated heterocycles. The van der Waals surface area contributed by atoms with Crippen molar-refractivity contribution in [3.8, 4) is 0 Å². The lowest BCUT2D eigenvalue weighted by molar-refractivity contribution is -0.117. The predicted octanol–water partition coefficient (Wildman–Crippen LogP) is 2.25. The van der Waals surface area contributed by atoms with Gasteiger partial charge < -0.3 is 11.1 Å². The van der Waals surface area contributed by atoms with Gasteiger partial charge in [0.05, 0.1) is 10.9 Å². The van der Waals surface area contributed by atoms with Gasteiger partial charge in [-0.15, -0.1) is 12.4 Å². The second-order valence-corrected chi connectivity index (χ2v) is 7.95. The number of rotatable bonds is 6. The van der Waals surface area contributed by atoms with Crippen molar-refractivity contribution in [1.82, 2.24) is 4.72 Å². The average Bonchev–Trinajstić information content (AvgIpc) is 2.36. The molecule has 132 valence electrons. The van der Waals surface area contributed by atoms with Crippen LogP contribution in [0.2, 0.25) is 0 Å². The van der Waals surface area contributed by atoms with Crippen LogP contribution >= 0.6 is 12.4 Å². The van der Waals surface area contributed by atoms with Crippen LogP contribution in [0.5, 0.6) is 0 Å². The normalized spacial score (nSPS) is 13.1. The van der Waals surface area contributed by atoms with Crippen molar-refractivity contribution in [3.05, 3.63) is 24.3 Å². The standard InChI is InChI=1S/C15H25N3O3S.ClH/c1-5-7-13(16)14(19)17-11-8-6-9-12(10-11)22(20,21)18-15(2,3)4;/h6,8-10,13,18H,5,7,16H2,1-4H3,(H,17,19);1H. The number of sulfonamides is 1. The van der Waals surface area contributed by atoms with Gasteiger partial charge in [0.2, 0.25) is 15.9 Å². The zero-order valence-corrected chi connectivity index (χ0v) is 15.6. The van der Waals surface area contributed by atoms with Crippen LogP contribution in [-0.2, 0) is 14.8 Å². The Bertz CT molecular complexity index is 627. The molecule has 1 unspecified atom stereocenters. The lowest BCUT2D eigenvalue weighted by atomic mass is 10.1. The molecule has 23 heavy (non-hydrogen) atoms. The molecule has 0 aliphatic heterocycles. The summed E-state index contributed by atoms with van der Waals surface area (Å²) in [5, 5.41) is 2.65. The molecule has 0 aromatic heterocycles. The van der Waals surface area contributed by atoms with Crippen LogP contribution < -0.4 is 15.8 Å². The number of carbonyl (C=O) groups excluding carboxylic acids is 1. The molecule has 6 nitrogen and oxygen atoms in total. The van der Waals surface area contributed by atoms with Crippen molar-refractivity contribution in [2.75, 3.05) is 5.32 Å². The summed E-state index contributed by atoms with van der Waals surface area (Å²) in [5.41, 5.74) is 5.57. The van der Waals surface area contributed by atoms with Crippen LogP contribution in [0.25, 0.3) is 0 Å². The van der Waals surface area contributed by atoms with E-state index in [0.29, 0.717) is 12.1 Å². The van der Waals surface area contributed by atoms with Crippen LogP contribution in [0, 0.1) is 0 Å². The molecule has 1 rings (SSSR count). The van der Waals surface area contributed by atoms with Crippen LogP contribution in [0.15, 0.2) is 29.2 Å². The quantitative estimate of drug-likeness (QED) is 0.721. The van der Waals surface area contributed by atoms with E-state index in [0.717, 1.165) is 6.42 Å². The number of hydrogen-bond acceptors (Lipinski definition) is 4. The van der Waals surface area contributed by atoms with E-state index in [1.807, 2.05) is 6.92 Å². The van der Waals surface area contributed by atoms with Gasteiger partial charge in [-0.25, -0.2) is 13.1 Å². The van der Waals surface area contributed by atoms with E-state index >= 15 is 0 Å². The summed E-state index contributed by atoms with van der Waals surface area (Å²) in [6.07, 6.45) is 1.38. The molecule has 1 amide bonds. The highest BCUT2D eigenvalue weighted by Gasteiger charge is 2.22. The topological polar surface area (TPSA) is 101 Å². The first-order valence-electron chi connectivity index (χ1n) is 7.25. The number of nitrogens with two attached hydrogens (primary N) is 1. The molecule has 0 radical (unpaired) electrons. The molecule has 0 heterocycles. The summed E-state index contributed by atoms with van der Waals surface area (Å²) < 4.78 is 27.1. The molecule has 1 aromatic carbocycles. The Morgan fingerprint density at radius 3 is 2.43 bits per heavy atom. The molecule has 4 N–H and O–H groups in total. The van der Waals surface area contributed by atoms with Crippen LogP contribution in [-0.4, -0.2) is 25.9 Å². The fourth-order valence-electron chi connectivity index (χ4n) is 1.88. The summed E-state index contributed by atoms with van der Waals surface area (Å²) in [6.45, 7) is 7.23. The van der Waals surface area contributed by atoms with Gasteiger partial charge in [-0.3, -0.25) is 4.79 Å². The number of benzene rings is 1. The Morgan fingerprint density at radius 1 is 1.30 bits per heavy atom. The summed E-state index contributed by atoms with van der Waals surface area (Å²) in [4.78, 5) is 12.0. The van der Waals surface area contributed by atoms with Gasteiger partial charge in [0, 0.05) is 11.2 Å². The molecule has 1 atom stereocenters. The number of amides is 1. The first-order chi connectivity index (χ1) is 10.0. The van der Waals surface area contributed by atoms with E-state index in [1.54, 1.807) is 32.9 Å². The zero-order chi connectivity index (χ0) is 17.0. The summed E-state index contributed by atoms with van der Waals surface area (Å²) in [7, 11) is -3.64. The number of halogens is 1. The fourth-order valence-corrected chi connectivity index (χ4v) is 3.34. The largest absolute Gasteiger partial charge is 0.325 e. The molecule has 8 heteroatoms. The van der Waals surface area contributed by atoms with Crippen LogP contribution in [0.1, 0.15) is 40.5 Å². The Kier molecular flexibility index (Phi) is 8.20. The predicted molar refractivity (Wildman–Crippen MR) is 95.3 cm³/mol. The smallest absolute Gasteiger partial charge is 0.241 e. The zero-order valence-electron chi connectivity index (χ0n) is 13.9. The molecule has 0 spiro atoms. The molecule has 1 aromatic rings. The maximum absolute atomic E-state index is 12.3. The van der Waals surface area contributed by atoms with Gasteiger partial charge in [0.1, 0.15) is 0 Å². The number of carbonyl (C=O) groups is 1. The van der Waals surface area contributed by atoms with Crippen LogP contribution in [0.4, 0.5) is 5.69 Å². The van der Waals surface area contributed by atoms with Gasteiger partial charge in [0.25, 0.3) is 0 Å². The summed E-state index contributed by atoms with van der Waals surface area (Å²) >= 11 is 0. The van der Waals surface area contributed by atoms with E-state index in [1.165, 1.54) is 12.1 Å².